The van der Waals surface area contributed by atoms with Crippen molar-refractivity contribution in [2.45, 2.75) is 32.4 Å². The Morgan fingerprint density at radius 2 is 2.25 bits per heavy atom. The van der Waals surface area contributed by atoms with E-state index in [0.29, 0.717) is 0 Å². The molecule has 6 nitrogen and oxygen atoms in total. The lowest BCUT2D eigenvalue weighted by atomic mass is 10.2. The smallest absolute Gasteiger partial charge is 0.410 e. The Hall–Kier alpha value is -1.30. The largest absolute Gasteiger partial charge is 0.444 e. The van der Waals surface area contributed by atoms with Crippen molar-refractivity contribution in [3.63, 3.8) is 0 Å². The van der Waals surface area contributed by atoms with Crippen LogP contribution < -0.4 is 5.32 Å². The average Bonchev–Trinajstić information content (AvgIpc) is 2.14. The molecule has 0 aliphatic carbocycles. The average molecular weight is 230 g/mol. The van der Waals surface area contributed by atoms with E-state index in [1.54, 1.807) is 20.8 Å². The molecule has 0 unspecified atom stereocenters. The molecule has 1 rings (SSSR count). The van der Waals surface area contributed by atoms with Crippen LogP contribution in [-0.4, -0.2) is 53.3 Å². The van der Waals surface area contributed by atoms with Crippen LogP contribution in [0, 0.1) is 0 Å². The van der Waals surface area contributed by atoms with Gasteiger partial charge < -0.3 is 15.2 Å². The Labute approximate surface area is 94.6 Å². The molecule has 0 saturated carbocycles. The summed E-state index contributed by atoms with van der Waals surface area (Å²) in [5.41, 5.74) is -0.584. The van der Waals surface area contributed by atoms with Gasteiger partial charge in [0.2, 0.25) is 5.91 Å². The van der Waals surface area contributed by atoms with Gasteiger partial charge in [-0.3, -0.25) is 9.69 Å². The summed E-state index contributed by atoms with van der Waals surface area (Å²) in [6.07, 6.45) is -0.527. The molecule has 1 aliphatic heterocycles. The van der Waals surface area contributed by atoms with Gasteiger partial charge in [0.05, 0.1) is 12.6 Å². The van der Waals surface area contributed by atoms with Gasteiger partial charge in [0, 0.05) is 6.54 Å². The third-order valence-electron chi connectivity index (χ3n) is 2.01. The van der Waals surface area contributed by atoms with Crippen molar-refractivity contribution in [1.82, 2.24) is 10.2 Å². The fourth-order valence-corrected chi connectivity index (χ4v) is 1.39. The lowest BCUT2D eigenvalue weighted by molar-refractivity contribution is -0.126. The number of amides is 2. The zero-order chi connectivity index (χ0) is 12.3. The molecule has 1 fully saturated rings. The van der Waals surface area contributed by atoms with E-state index < -0.39 is 17.7 Å². The maximum atomic E-state index is 11.7. The molecule has 0 aromatic rings. The van der Waals surface area contributed by atoms with E-state index in [0.717, 1.165) is 0 Å². The first-order chi connectivity index (χ1) is 7.31. The van der Waals surface area contributed by atoms with E-state index in [1.807, 2.05) is 0 Å². The highest BCUT2D eigenvalue weighted by atomic mass is 16.6. The van der Waals surface area contributed by atoms with Crippen LogP contribution in [0.2, 0.25) is 0 Å². The van der Waals surface area contributed by atoms with Gasteiger partial charge in [-0.15, -0.1) is 0 Å². The van der Waals surface area contributed by atoms with Crippen LogP contribution in [0.5, 0.6) is 0 Å². The molecule has 92 valence electrons. The lowest BCUT2D eigenvalue weighted by Gasteiger charge is -2.33. The minimum absolute atomic E-state index is 0.0224. The van der Waals surface area contributed by atoms with Crippen molar-refractivity contribution < 1.29 is 19.4 Å². The molecule has 0 aromatic carbocycles. The molecule has 0 bridgehead atoms. The van der Waals surface area contributed by atoms with Crippen LogP contribution in [0.25, 0.3) is 0 Å². The first kappa shape index (κ1) is 12.8. The number of nitrogens with one attached hydrogen (secondary N) is 1. The fraction of sp³-hybridized carbons (Fsp3) is 0.800. The molecule has 16 heavy (non-hydrogen) atoms. The Morgan fingerprint density at radius 3 is 2.75 bits per heavy atom. The maximum Gasteiger partial charge on any atom is 0.410 e. The standard InChI is InChI=1S/C10H18N2O4/c1-10(2,3)16-9(15)12-4-7(6-13)11-8(14)5-12/h7,13H,4-6H2,1-3H3,(H,11,14)/t7-/m0/s1. The van der Waals surface area contributed by atoms with E-state index in [2.05, 4.69) is 5.32 Å². The van der Waals surface area contributed by atoms with E-state index >= 15 is 0 Å². The Morgan fingerprint density at radius 1 is 1.62 bits per heavy atom. The fourth-order valence-electron chi connectivity index (χ4n) is 1.39. The number of nitrogens with zero attached hydrogens (tertiary/aromatic N) is 1. The highest BCUT2D eigenvalue weighted by Crippen LogP contribution is 2.11. The molecule has 2 N–H and O–H groups in total. The van der Waals surface area contributed by atoms with Crippen LogP contribution in [0.1, 0.15) is 20.8 Å². The van der Waals surface area contributed by atoms with Gasteiger partial charge in [-0.05, 0) is 20.8 Å². The monoisotopic (exact) mass is 230 g/mol. The predicted octanol–water partition coefficient (Wildman–Crippen LogP) is -0.286. The molecular formula is C10H18N2O4. The van der Waals surface area contributed by atoms with Crippen LogP contribution in [-0.2, 0) is 9.53 Å². The molecule has 0 spiro atoms. The van der Waals surface area contributed by atoms with Crippen molar-refractivity contribution >= 4 is 12.0 Å². The van der Waals surface area contributed by atoms with Crippen LogP contribution in [0.3, 0.4) is 0 Å². The highest BCUT2D eigenvalue weighted by molar-refractivity contribution is 5.83. The van der Waals surface area contributed by atoms with Gasteiger partial charge >= 0.3 is 6.09 Å². The van der Waals surface area contributed by atoms with Crippen LogP contribution in [0.15, 0.2) is 0 Å². The molecule has 0 aromatic heterocycles. The minimum Gasteiger partial charge on any atom is -0.444 e. The second-order valence-electron chi connectivity index (χ2n) is 4.81. The van der Waals surface area contributed by atoms with Gasteiger partial charge in [0.25, 0.3) is 0 Å². The Balaban J connectivity index is 2.59. The topological polar surface area (TPSA) is 78.9 Å². The molecule has 1 atom stereocenters. The summed E-state index contributed by atoms with van der Waals surface area (Å²) < 4.78 is 5.14. The summed E-state index contributed by atoms with van der Waals surface area (Å²) in [5, 5.41) is 11.5. The predicted molar refractivity (Wildman–Crippen MR) is 56.8 cm³/mol. The number of rotatable bonds is 1. The quantitative estimate of drug-likeness (QED) is 0.649. The van der Waals surface area contributed by atoms with Crippen molar-refractivity contribution in [3.8, 4) is 0 Å². The van der Waals surface area contributed by atoms with Gasteiger partial charge in [-0.25, -0.2) is 4.79 Å². The second-order valence-corrected chi connectivity index (χ2v) is 4.81. The number of piperazine rings is 1. The minimum atomic E-state index is -0.584. The molecule has 6 heteroatoms. The number of hydrogen-bond donors (Lipinski definition) is 2. The molecule has 1 heterocycles. The third kappa shape index (κ3) is 3.69. The maximum absolute atomic E-state index is 11.7. The van der Waals surface area contributed by atoms with E-state index in [1.165, 1.54) is 4.90 Å². The van der Waals surface area contributed by atoms with Crippen molar-refractivity contribution in [2.75, 3.05) is 19.7 Å². The summed E-state index contributed by atoms with van der Waals surface area (Å²) in [6, 6.07) is -0.409. The molecule has 1 saturated heterocycles. The first-order valence-corrected chi connectivity index (χ1v) is 5.20. The molecule has 1 aliphatic rings. The van der Waals surface area contributed by atoms with Gasteiger partial charge in [0.15, 0.2) is 0 Å². The van der Waals surface area contributed by atoms with Gasteiger partial charge in [-0.1, -0.05) is 0 Å². The number of carbonyl (C=O) groups is 2. The van der Waals surface area contributed by atoms with E-state index in [-0.39, 0.29) is 25.6 Å². The SMILES string of the molecule is CC(C)(C)OC(=O)N1CC(=O)N[C@H](CO)C1. The Bertz CT molecular complexity index is 285. The second kappa shape index (κ2) is 4.69. The zero-order valence-electron chi connectivity index (χ0n) is 9.82. The van der Waals surface area contributed by atoms with E-state index in [9.17, 15) is 9.59 Å². The third-order valence-corrected chi connectivity index (χ3v) is 2.01. The van der Waals surface area contributed by atoms with Gasteiger partial charge in [-0.2, -0.15) is 0 Å². The number of carbonyl (C=O) groups excluding carboxylic acids is 2. The first-order valence-electron chi connectivity index (χ1n) is 5.20. The normalized spacial score (nSPS) is 21.6. The summed E-state index contributed by atoms with van der Waals surface area (Å²) in [6.45, 7) is 5.35. The van der Waals surface area contributed by atoms with E-state index in [4.69, 9.17) is 9.84 Å². The summed E-state index contributed by atoms with van der Waals surface area (Å²) in [7, 11) is 0. The van der Waals surface area contributed by atoms with Crippen molar-refractivity contribution in [1.29, 1.82) is 0 Å². The van der Waals surface area contributed by atoms with Gasteiger partial charge in [0.1, 0.15) is 12.1 Å². The number of aliphatic hydroxyl groups excluding tert-OH is 1. The summed E-state index contributed by atoms with van der Waals surface area (Å²) >= 11 is 0. The van der Waals surface area contributed by atoms with Crippen molar-refractivity contribution in [2.24, 2.45) is 0 Å². The zero-order valence-corrected chi connectivity index (χ0v) is 9.82. The molecular weight excluding hydrogens is 212 g/mol. The van der Waals surface area contributed by atoms with Crippen LogP contribution >= 0.6 is 0 Å². The summed E-state index contributed by atoms with van der Waals surface area (Å²) in [4.78, 5) is 24.2. The number of aliphatic hydroxyl groups is 1. The lowest BCUT2D eigenvalue weighted by Crippen LogP contribution is -2.57. The van der Waals surface area contributed by atoms with Crippen LogP contribution in [0.4, 0.5) is 4.79 Å². The summed E-state index contributed by atoms with van der Waals surface area (Å²) in [5.74, 6) is -0.281. The highest BCUT2D eigenvalue weighted by Gasteiger charge is 2.30. The van der Waals surface area contributed by atoms with Crippen molar-refractivity contribution in [3.05, 3.63) is 0 Å². The number of hydrogen-bond acceptors (Lipinski definition) is 4. The number of ether oxygens (including phenoxy) is 1. The molecule has 0 radical (unpaired) electrons. The Kier molecular flexibility index (Phi) is 3.74. The molecule has 2 amide bonds.